The topological polar surface area (TPSA) is 77.2 Å². The number of rotatable bonds is 8. The van der Waals surface area contributed by atoms with Crippen LogP contribution < -0.4 is 16.0 Å². The lowest BCUT2D eigenvalue weighted by atomic mass is 9.95. The smallest absolute Gasteiger partial charge is 0.217 e. The Labute approximate surface area is 181 Å². The van der Waals surface area contributed by atoms with E-state index < -0.39 is 0 Å². The maximum Gasteiger partial charge on any atom is 0.217 e. The van der Waals surface area contributed by atoms with Crippen molar-refractivity contribution in [1.82, 2.24) is 15.1 Å². The summed E-state index contributed by atoms with van der Waals surface area (Å²) >= 11 is 0. The normalized spacial score (nSPS) is 21.0. The highest BCUT2D eigenvalue weighted by molar-refractivity contribution is 5.80. The molecule has 2 aliphatic rings. The number of piperidine rings is 1. The maximum absolute atomic E-state index is 11.2. The van der Waals surface area contributed by atoms with Gasteiger partial charge in [0, 0.05) is 65.0 Å². The zero-order chi connectivity index (χ0) is 21.2. The van der Waals surface area contributed by atoms with Gasteiger partial charge in [-0.15, -0.1) is 0 Å². The van der Waals surface area contributed by atoms with Gasteiger partial charge in [0.1, 0.15) is 0 Å². The number of benzene rings is 1. The van der Waals surface area contributed by atoms with Crippen LogP contribution in [0.2, 0.25) is 0 Å². The third-order valence-electron chi connectivity index (χ3n) is 6.20. The van der Waals surface area contributed by atoms with Crippen molar-refractivity contribution in [1.29, 1.82) is 0 Å². The summed E-state index contributed by atoms with van der Waals surface area (Å²) in [5, 5.41) is 3.51. The summed E-state index contributed by atoms with van der Waals surface area (Å²) in [7, 11) is 1.84. The second-order valence-corrected chi connectivity index (χ2v) is 8.47. The van der Waals surface area contributed by atoms with Crippen LogP contribution in [0.5, 0.6) is 0 Å². The fourth-order valence-electron chi connectivity index (χ4n) is 4.57. The summed E-state index contributed by atoms with van der Waals surface area (Å²) in [5.41, 5.74) is 6.72. The van der Waals surface area contributed by atoms with E-state index in [9.17, 15) is 4.79 Å². The van der Waals surface area contributed by atoms with Crippen molar-refractivity contribution in [3.8, 4) is 0 Å². The van der Waals surface area contributed by atoms with Gasteiger partial charge in [-0.25, -0.2) is 0 Å². The van der Waals surface area contributed by atoms with Gasteiger partial charge in [-0.2, -0.15) is 0 Å². The largest absolute Gasteiger partial charge is 0.370 e. The molecule has 2 heterocycles. The quantitative estimate of drug-likeness (QED) is 0.385. The fraction of sp³-hybridized carbons (Fsp3) is 0.652. The molecule has 0 aromatic heterocycles. The number of para-hydroxylation sites is 1. The molecule has 166 valence electrons. The molecule has 2 saturated heterocycles. The minimum absolute atomic E-state index is 0.200. The third kappa shape index (κ3) is 6.90. The molecule has 1 atom stereocenters. The van der Waals surface area contributed by atoms with Crippen LogP contribution in [-0.2, 0) is 4.79 Å². The van der Waals surface area contributed by atoms with Gasteiger partial charge in [-0.05, 0) is 50.3 Å². The highest BCUT2D eigenvalue weighted by Crippen LogP contribution is 2.19. The van der Waals surface area contributed by atoms with Gasteiger partial charge in [0.15, 0.2) is 5.96 Å². The molecule has 2 aliphatic heterocycles. The molecular weight excluding hydrogens is 376 g/mol. The van der Waals surface area contributed by atoms with Crippen molar-refractivity contribution >= 4 is 17.6 Å². The Morgan fingerprint density at radius 1 is 1.13 bits per heavy atom. The Hall–Kier alpha value is -2.28. The summed E-state index contributed by atoms with van der Waals surface area (Å²) in [5.74, 6) is 1.11. The summed E-state index contributed by atoms with van der Waals surface area (Å²) in [6, 6.07) is 10.7. The number of guanidine groups is 1. The van der Waals surface area contributed by atoms with E-state index in [0.717, 1.165) is 77.6 Å². The van der Waals surface area contributed by atoms with Gasteiger partial charge in [0.25, 0.3) is 0 Å². The van der Waals surface area contributed by atoms with Crippen LogP contribution in [0.3, 0.4) is 0 Å². The molecule has 0 aliphatic carbocycles. The molecular formula is C23H38N6O. The monoisotopic (exact) mass is 414 g/mol. The molecule has 1 aromatic rings. The van der Waals surface area contributed by atoms with Gasteiger partial charge in [-0.1, -0.05) is 18.2 Å². The van der Waals surface area contributed by atoms with E-state index in [-0.39, 0.29) is 5.91 Å². The number of nitrogens with one attached hydrogen (secondary N) is 1. The average molecular weight is 415 g/mol. The molecule has 1 amide bonds. The molecule has 0 saturated carbocycles. The molecule has 30 heavy (non-hydrogen) atoms. The Morgan fingerprint density at radius 2 is 1.90 bits per heavy atom. The first kappa shape index (κ1) is 22.4. The molecule has 7 heteroatoms. The molecule has 0 radical (unpaired) electrons. The molecule has 3 N–H and O–H groups in total. The number of aliphatic imine (C=N–C) groups is 1. The number of hydrogen-bond donors (Lipinski definition) is 2. The number of hydrogen-bond acceptors (Lipinski definition) is 4. The number of primary amides is 1. The first-order chi connectivity index (χ1) is 14.7. The number of carbonyl (C=O) groups is 1. The molecule has 0 spiro atoms. The first-order valence-corrected chi connectivity index (χ1v) is 11.4. The third-order valence-corrected chi connectivity index (χ3v) is 6.20. The predicted octanol–water partition coefficient (Wildman–Crippen LogP) is 1.75. The summed E-state index contributed by atoms with van der Waals surface area (Å²) < 4.78 is 0. The lowest BCUT2D eigenvalue weighted by Gasteiger charge is -2.36. The van der Waals surface area contributed by atoms with E-state index >= 15 is 0 Å². The van der Waals surface area contributed by atoms with Gasteiger partial charge in [0.2, 0.25) is 5.91 Å². The summed E-state index contributed by atoms with van der Waals surface area (Å²) in [6.45, 7) is 8.46. The van der Waals surface area contributed by atoms with Gasteiger partial charge in [0.05, 0.1) is 0 Å². The second-order valence-electron chi connectivity index (χ2n) is 8.47. The maximum atomic E-state index is 11.2. The van der Waals surface area contributed by atoms with E-state index in [2.05, 4.69) is 55.3 Å². The number of piperazine rings is 1. The van der Waals surface area contributed by atoms with Crippen LogP contribution in [0.25, 0.3) is 0 Å². The Balaban J connectivity index is 1.30. The van der Waals surface area contributed by atoms with Crippen molar-refractivity contribution in [2.75, 3.05) is 64.3 Å². The van der Waals surface area contributed by atoms with Crippen LogP contribution >= 0.6 is 0 Å². The fourth-order valence-corrected chi connectivity index (χ4v) is 4.57. The Bertz CT molecular complexity index is 672. The van der Waals surface area contributed by atoms with Crippen molar-refractivity contribution < 1.29 is 4.79 Å². The summed E-state index contributed by atoms with van der Waals surface area (Å²) in [4.78, 5) is 23.0. The lowest BCUT2D eigenvalue weighted by molar-refractivity contribution is -0.119. The molecule has 1 unspecified atom stereocenters. The number of carbonyl (C=O) groups excluding carboxylic acids is 1. The van der Waals surface area contributed by atoms with Crippen LogP contribution in [0.15, 0.2) is 35.3 Å². The Kier molecular flexibility index (Phi) is 8.81. The number of anilines is 1. The van der Waals surface area contributed by atoms with Crippen molar-refractivity contribution in [2.24, 2.45) is 16.6 Å². The van der Waals surface area contributed by atoms with Crippen LogP contribution in [0, 0.1) is 5.92 Å². The first-order valence-electron chi connectivity index (χ1n) is 11.4. The minimum Gasteiger partial charge on any atom is -0.370 e. The SMILES string of the molecule is CN=C(NCCCCN1CCN(c2ccccc2)CC1)N1CCCC(CC(N)=O)C1. The van der Waals surface area contributed by atoms with E-state index in [1.165, 1.54) is 12.1 Å². The zero-order valence-corrected chi connectivity index (χ0v) is 18.4. The van der Waals surface area contributed by atoms with E-state index in [4.69, 9.17) is 5.73 Å². The van der Waals surface area contributed by atoms with Crippen LogP contribution in [0.1, 0.15) is 32.1 Å². The van der Waals surface area contributed by atoms with E-state index in [1.54, 1.807) is 0 Å². The molecule has 7 nitrogen and oxygen atoms in total. The average Bonchev–Trinajstić information content (AvgIpc) is 2.77. The number of amides is 1. The van der Waals surface area contributed by atoms with Crippen molar-refractivity contribution in [2.45, 2.75) is 32.1 Å². The van der Waals surface area contributed by atoms with Crippen LogP contribution in [0.4, 0.5) is 5.69 Å². The van der Waals surface area contributed by atoms with Gasteiger partial charge < -0.3 is 20.9 Å². The van der Waals surface area contributed by atoms with Crippen molar-refractivity contribution in [3.05, 3.63) is 30.3 Å². The van der Waals surface area contributed by atoms with Crippen LogP contribution in [-0.4, -0.2) is 81.1 Å². The standard InChI is InChI=1S/C23H38N6O/c1-25-23(29-13-7-8-20(19-29)18-22(24)30)26-11-5-6-12-27-14-16-28(17-15-27)21-9-3-2-4-10-21/h2-4,9-10,20H,5-8,11-19H2,1H3,(H2,24,30)(H,25,26). The highest BCUT2D eigenvalue weighted by atomic mass is 16.1. The van der Waals surface area contributed by atoms with E-state index in [1.807, 2.05) is 7.05 Å². The summed E-state index contributed by atoms with van der Waals surface area (Å²) in [6.07, 6.45) is 4.97. The lowest BCUT2D eigenvalue weighted by Crippen LogP contribution is -2.47. The Morgan fingerprint density at radius 3 is 2.60 bits per heavy atom. The minimum atomic E-state index is -0.200. The number of likely N-dealkylation sites (tertiary alicyclic amines) is 1. The van der Waals surface area contributed by atoms with E-state index in [0.29, 0.717) is 12.3 Å². The molecule has 1 aromatic carbocycles. The predicted molar refractivity (Wildman–Crippen MR) is 124 cm³/mol. The highest BCUT2D eigenvalue weighted by Gasteiger charge is 2.23. The van der Waals surface area contributed by atoms with Crippen molar-refractivity contribution in [3.63, 3.8) is 0 Å². The van der Waals surface area contributed by atoms with Gasteiger partial charge >= 0.3 is 0 Å². The number of nitrogens with zero attached hydrogens (tertiary/aromatic N) is 4. The molecule has 2 fully saturated rings. The molecule has 3 rings (SSSR count). The number of unbranched alkanes of at least 4 members (excludes halogenated alkanes) is 1. The number of nitrogens with two attached hydrogens (primary N) is 1. The second kappa shape index (κ2) is 11.8. The zero-order valence-electron chi connectivity index (χ0n) is 18.4. The molecule has 0 bridgehead atoms. The van der Waals surface area contributed by atoms with Gasteiger partial charge in [-0.3, -0.25) is 14.7 Å².